The minimum atomic E-state index is -0.407. The number of aromatic nitrogens is 3. The van der Waals surface area contributed by atoms with Crippen LogP contribution in [0.15, 0.2) is 36.5 Å². The molecule has 2 atom stereocenters. The number of rotatable bonds is 1. The highest BCUT2D eigenvalue weighted by atomic mass is 19.1. The van der Waals surface area contributed by atoms with Crippen LogP contribution >= 0.6 is 0 Å². The molecule has 0 saturated carbocycles. The Bertz CT molecular complexity index is 1030. The zero-order valence-electron chi connectivity index (χ0n) is 14.3. The van der Waals surface area contributed by atoms with Crippen molar-refractivity contribution in [3.8, 4) is 0 Å². The van der Waals surface area contributed by atoms with Crippen molar-refractivity contribution in [1.29, 1.82) is 0 Å². The highest BCUT2D eigenvalue weighted by molar-refractivity contribution is 5.99. The number of nitrogens with one attached hydrogen (secondary N) is 1. The largest absolute Gasteiger partial charge is 0.323 e. The number of benzene rings is 1. The Morgan fingerprint density at radius 2 is 2.12 bits per heavy atom. The molecule has 5 rings (SSSR count). The van der Waals surface area contributed by atoms with Crippen LogP contribution in [0.4, 0.5) is 15.0 Å². The molecule has 26 heavy (non-hydrogen) atoms. The van der Waals surface area contributed by atoms with Gasteiger partial charge in [-0.1, -0.05) is 12.1 Å². The fraction of sp³-hybridized carbons (Fsp3) is 0.316. The summed E-state index contributed by atoms with van der Waals surface area (Å²) in [5.41, 5.74) is 2.50. The van der Waals surface area contributed by atoms with Crippen LogP contribution in [-0.4, -0.2) is 31.7 Å². The maximum absolute atomic E-state index is 14.1. The molecule has 3 aromatic rings. The van der Waals surface area contributed by atoms with E-state index in [1.807, 2.05) is 42.3 Å². The number of halogens is 1. The first-order valence-electron chi connectivity index (χ1n) is 8.78. The van der Waals surface area contributed by atoms with Crippen molar-refractivity contribution in [1.82, 2.24) is 19.7 Å². The van der Waals surface area contributed by atoms with Gasteiger partial charge in [-0.25, -0.2) is 9.78 Å². The molecular weight excluding hydrogens is 333 g/mol. The summed E-state index contributed by atoms with van der Waals surface area (Å²) in [4.78, 5) is 18.6. The highest BCUT2D eigenvalue weighted by Crippen LogP contribution is 2.44. The van der Waals surface area contributed by atoms with E-state index in [4.69, 9.17) is 0 Å². The smallest absolute Gasteiger partial charge is 0.314 e. The van der Waals surface area contributed by atoms with Gasteiger partial charge in [-0.05, 0) is 43.0 Å². The number of amides is 2. The average molecular weight is 351 g/mol. The molecule has 1 saturated heterocycles. The first-order valence-corrected chi connectivity index (χ1v) is 8.78. The van der Waals surface area contributed by atoms with Gasteiger partial charge in [0.25, 0.3) is 0 Å². The van der Waals surface area contributed by atoms with E-state index < -0.39 is 5.95 Å². The van der Waals surface area contributed by atoms with Gasteiger partial charge in [-0.2, -0.15) is 9.49 Å². The number of hydrogen-bond donors (Lipinski definition) is 1. The van der Waals surface area contributed by atoms with Crippen molar-refractivity contribution in [2.24, 2.45) is 7.05 Å². The number of anilines is 1. The van der Waals surface area contributed by atoms with Crippen molar-refractivity contribution in [2.45, 2.75) is 31.3 Å². The van der Waals surface area contributed by atoms with Gasteiger partial charge in [0, 0.05) is 30.2 Å². The van der Waals surface area contributed by atoms with Gasteiger partial charge in [0.2, 0.25) is 5.95 Å². The Morgan fingerprint density at radius 3 is 3.00 bits per heavy atom. The molecule has 0 radical (unpaired) electrons. The highest BCUT2D eigenvalue weighted by Gasteiger charge is 2.43. The van der Waals surface area contributed by atoms with Gasteiger partial charge in [0.05, 0.1) is 11.6 Å². The average Bonchev–Trinajstić information content (AvgIpc) is 3.13. The maximum Gasteiger partial charge on any atom is 0.323 e. The number of hydrogen-bond acceptors (Lipinski definition) is 3. The van der Waals surface area contributed by atoms with E-state index in [-0.39, 0.29) is 18.1 Å². The zero-order chi connectivity index (χ0) is 17.8. The molecule has 2 amide bonds. The molecule has 1 fully saturated rings. The van der Waals surface area contributed by atoms with Crippen LogP contribution < -0.4 is 5.32 Å². The third-order valence-electron chi connectivity index (χ3n) is 5.56. The topological polar surface area (TPSA) is 63.1 Å². The zero-order valence-corrected chi connectivity index (χ0v) is 14.3. The fourth-order valence-corrected chi connectivity index (χ4v) is 4.40. The van der Waals surface area contributed by atoms with E-state index in [0.717, 1.165) is 29.3 Å². The van der Waals surface area contributed by atoms with Crippen molar-refractivity contribution < 1.29 is 9.18 Å². The lowest BCUT2D eigenvalue weighted by Crippen LogP contribution is -2.44. The third-order valence-corrected chi connectivity index (χ3v) is 5.56. The number of carbonyl (C=O) groups excluding carboxylic acids is 1. The van der Waals surface area contributed by atoms with E-state index in [1.54, 1.807) is 4.68 Å². The van der Waals surface area contributed by atoms with E-state index in [9.17, 15) is 9.18 Å². The number of para-hydroxylation sites is 1. The van der Waals surface area contributed by atoms with Crippen LogP contribution in [0, 0.1) is 5.95 Å². The van der Waals surface area contributed by atoms with Crippen molar-refractivity contribution in [2.75, 3.05) is 5.32 Å². The van der Waals surface area contributed by atoms with E-state index in [2.05, 4.69) is 15.4 Å². The molecule has 7 heteroatoms. The standard InChI is InChI=1S/C19H18FN5O/c1-24-15-5-3-2-4-13(15)18(23-24)22-19(26)25-11-6-7-16(25)12-8-9-21-17(20)14(12)10-11/h2-5,8-9,11,16H,6-7,10H2,1H3,(H,22,23,26). The monoisotopic (exact) mass is 351 g/mol. The Labute approximate surface area is 149 Å². The second-order valence-electron chi connectivity index (χ2n) is 6.95. The minimum Gasteiger partial charge on any atom is -0.314 e. The molecule has 2 unspecified atom stereocenters. The molecule has 2 aromatic heterocycles. The summed E-state index contributed by atoms with van der Waals surface area (Å²) in [6.45, 7) is 0. The van der Waals surface area contributed by atoms with Crippen LogP contribution in [0.5, 0.6) is 0 Å². The number of nitrogens with zero attached hydrogens (tertiary/aromatic N) is 4. The predicted octanol–water partition coefficient (Wildman–Crippen LogP) is 3.40. The van der Waals surface area contributed by atoms with Gasteiger partial charge in [-0.15, -0.1) is 0 Å². The Kier molecular flexibility index (Phi) is 3.25. The van der Waals surface area contributed by atoms with Gasteiger partial charge >= 0.3 is 6.03 Å². The summed E-state index contributed by atoms with van der Waals surface area (Å²) in [6.07, 6.45) is 3.71. The minimum absolute atomic E-state index is 0.00109. The van der Waals surface area contributed by atoms with Gasteiger partial charge in [0.1, 0.15) is 0 Å². The quantitative estimate of drug-likeness (QED) is 0.684. The number of urea groups is 1. The Morgan fingerprint density at radius 1 is 1.27 bits per heavy atom. The van der Waals surface area contributed by atoms with Crippen LogP contribution in [0.2, 0.25) is 0 Å². The molecule has 132 valence electrons. The second kappa shape index (κ2) is 5.52. The number of fused-ring (bicyclic) bond motifs is 5. The molecular formula is C19H18FN5O. The summed E-state index contributed by atoms with van der Waals surface area (Å²) < 4.78 is 15.8. The Balaban J connectivity index is 1.48. The molecule has 6 nitrogen and oxygen atoms in total. The van der Waals surface area contributed by atoms with Crippen molar-refractivity contribution >= 4 is 22.8 Å². The predicted molar refractivity (Wildman–Crippen MR) is 95.2 cm³/mol. The molecule has 0 spiro atoms. The van der Waals surface area contributed by atoms with Crippen LogP contribution in [0.25, 0.3) is 10.9 Å². The lowest BCUT2D eigenvalue weighted by atomic mass is 9.95. The summed E-state index contributed by atoms with van der Waals surface area (Å²) in [5.74, 6) is 0.148. The maximum atomic E-state index is 14.1. The summed E-state index contributed by atoms with van der Waals surface area (Å²) in [7, 11) is 1.86. The van der Waals surface area contributed by atoms with Crippen LogP contribution in [-0.2, 0) is 13.5 Å². The van der Waals surface area contributed by atoms with Gasteiger partial charge in [0.15, 0.2) is 5.82 Å². The molecule has 1 aromatic carbocycles. The molecule has 2 aliphatic rings. The number of pyridine rings is 1. The van der Waals surface area contributed by atoms with Crippen molar-refractivity contribution in [3.05, 3.63) is 53.6 Å². The summed E-state index contributed by atoms with van der Waals surface area (Å²) >= 11 is 0. The summed E-state index contributed by atoms with van der Waals surface area (Å²) in [5, 5.41) is 8.31. The van der Waals surface area contributed by atoms with E-state index in [1.165, 1.54) is 6.20 Å². The Hall–Kier alpha value is -2.96. The first-order chi connectivity index (χ1) is 12.6. The number of aryl methyl sites for hydroxylation is 1. The lowest BCUT2D eigenvalue weighted by molar-refractivity contribution is 0.178. The fourth-order valence-electron chi connectivity index (χ4n) is 4.40. The third kappa shape index (κ3) is 2.13. The molecule has 2 aliphatic heterocycles. The second-order valence-corrected chi connectivity index (χ2v) is 6.95. The molecule has 4 heterocycles. The van der Waals surface area contributed by atoms with E-state index >= 15 is 0 Å². The van der Waals surface area contributed by atoms with Gasteiger partial charge < -0.3 is 4.90 Å². The summed E-state index contributed by atoms with van der Waals surface area (Å²) in [6, 6.07) is 9.34. The van der Waals surface area contributed by atoms with Crippen LogP contribution in [0.3, 0.4) is 0 Å². The van der Waals surface area contributed by atoms with Crippen molar-refractivity contribution in [3.63, 3.8) is 0 Å². The SMILES string of the molecule is Cn1nc(NC(=O)N2C3CCC2c2ccnc(F)c2C3)c2ccccc21. The van der Waals surface area contributed by atoms with E-state index in [0.29, 0.717) is 17.8 Å². The first kappa shape index (κ1) is 15.3. The number of carbonyl (C=O) groups is 1. The lowest BCUT2D eigenvalue weighted by Gasteiger charge is -2.36. The van der Waals surface area contributed by atoms with Crippen LogP contribution in [0.1, 0.15) is 30.0 Å². The molecule has 0 aliphatic carbocycles. The molecule has 2 bridgehead atoms. The molecule has 1 N–H and O–H groups in total. The van der Waals surface area contributed by atoms with Gasteiger partial charge in [-0.3, -0.25) is 10.00 Å². The normalized spacial score (nSPS) is 21.1.